The summed E-state index contributed by atoms with van der Waals surface area (Å²) in [5.41, 5.74) is 0.896. The first kappa shape index (κ1) is 22.8. The Balaban J connectivity index is 1.44. The van der Waals surface area contributed by atoms with E-state index >= 15 is 0 Å². The van der Waals surface area contributed by atoms with Crippen molar-refractivity contribution in [3.63, 3.8) is 0 Å². The van der Waals surface area contributed by atoms with Crippen molar-refractivity contribution in [2.45, 2.75) is 58.6 Å². The van der Waals surface area contributed by atoms with E-state index in [0.29, 0.717) is 11.8 Å². The van der Waals surface area contributed by atoms with E-state index in [1.165, 1.54) is 6.42 Å². The average molecular weight is 425 g/mol. The molecule has 6 heteroatoms. The minimum atomic E-state index is -0.896. The number of hydrogen-bond acceptors (Lipinski definition) is 4. The third kappa shape index (κ3) is 6.06. The van der Waals surface area contributed by atoms with Crippen molar-refractivity contribution in [3.05, 3.63) is 48.0 Å². The highest BCUT2D eigenvalue weighted by Gasteiger charge is 2.30. The predicted octanol–water partition coefficient (Wildman–Crippen LogP) is 3.37. The van der Waals surface area contributed by atoms with Crippen LogP contribution in [0.2, 0.25) is 0 Å². The SMILES string of the molecule is C[C@@H]1[C@@H](C)CCC[C@H]1NC(=O)[C@@H](C)OC(=O)CNC(=O)Cc1cccc2ccccc12. The molecular formula is C25H32N2O4. The lowest BCUT2D eigenvalue weighted by molar-refractivity contribution is -0.154. The number of carbonyl (C=O) groups excluding carboxylic acids is 3. The quantitative estimate of drug-likeness (QED) is 0.668. The molecule has 0 aromatic heterocycles. The number of hydrogen-bond donors (Lipinski definition) is 2. The third-order valence-corrected chi connectivity index (χ3v) is 6.37. The van der Waals surface area contributed by atoms with Crippen molar-refractivity contribution >= 4 is 28.6 Å². The molecule has 0 heterocycles. The van der Waals surface area contributed by atoms with Crippen LogP contribution in [0.15, 0.2) is 42.5 Å². The maximum absolute atomic E-state index is 12.4. The number of benzene rings is 2. The molecule has 166 valence electrons. The second kappa shape index (κ2) is 10.4. The van der Waals surface area contributed by atoms with E-state index in [2.05, 4.69) is 24.5 Å². The molecule has 0 saturated heterocycles. The summed E-state index contributed by atoms with van der Waals surface area (Å²) >= 11 is 0. The molecule has 1 aliphatic rings. The van der Waals surface area contributed by atoms with Crippen LogP contribution < -0.4 is 10.6 Å². The molecule has 0 radical (unpaired) electrons. The van der Waals surface area contributed by atoms with Crippen LogP contribution in [0.1, 0.15) is 45.6 Å². The Morgan fingerprint density at radius 1 is 1.06 bits per heavy atom. The lowest BCUT2D eigenvalue weighted by Crippen LogP contribution is -2.48. The van der Waals surface area contributed by atoms with Gasteiger partial charge in [-0.05, 0) is 41.5 Å². The van der Waals surface area contributed by atoms with Crippen LogP contribution in [0.25, 0.3) is 10.8 Å². The van der Waals surface area contributed by atoms with E-state index in [1.807, 2.05) is 42.5 Å². The summed E-state index contributed by atoms with van der Waals surface area (Å²) in [7, 11) is 0. The van der Waals surface area contributed by atoms with E-state index in [-0.39, 0.29) is 30.8 Å². The zero-order chi connectivity index (χ0) is 22.4. The third-order valence-electron chi connectivity index (χ3n) is 6.37. The number of rotatable bonds is 7. The maximum Gasteiger partial charge on any atom is 0.326 e. The summed E-state index contributed by atoms with van der Waals surface area (Å²) in [4.78, 5) is 36.9. The van der Waals surface area contributed by atoms with Crippen molar-refractivity contribution in [2.75, 3.05) is 6.54 Å². The fourth-order valence-corrected chi connectivity index (χ4v) is 4.23. The molecule has 2 amide bonds. The van der Waals surface area contributed by atoms with Gasteiger partial charge in [-0.15, -0.1) is 0 Å². The van der Waals surface area contributed by atoms with Gasteiger partial charge in [-0.25, -0.2) is 0 Å². The minimum Gasteiger partial charge on any atom is -0.451 e. The second-order valence-electron chi connectivity index (χ2n) is 8.61. The zero-order valence-corrected chi connectivity index (χ0v) is 18.5. The number of carbonyl (C=O) groups is 3. The van der Waals surface area contributed by atoms with Crippen molar-refractivity contribution < 1.29 is 19.1 Å². The normalized spacial score (nSPS) is 21.8. The highest BCUT2D eigenvalue weighted by atomic mass is 16.5. The van der Waals surface area contributed by atoms with Crippen LogP contribution >= 0.6 is 0 Å². The summed E-state index contributed by atoms with van der Waals surface area (Å²) in [6.07, 6.45) is 2.49. The summed E-state index contributed by atoms with van der Waals surface area (Å²) in [5, 5.41) is 7.68. The maximum atomic E-state index is 12.4. The Morgan fingerprint density at radius 3 is 2.61 bits per heavy atom. The van der Waals surface area contributed by atoms with Gasteiger partial charge in [0.25, 0.3) is 5.91 Å². The molecule has 1 fully saturated rings. The Kier molecular flexibility index (Phi) is 7.66. The molecule has 0 spiro atoms. The van der Waals surface area contributed by atoms with Gasteiger partial charge in [0.15, 0.2) is 6.10 Å². The van der Waals surface area contributed by atoms with Gasteiger partial charge < -0.3 is 15.4 Å². The first-order valence-corrected chi connectivity index (χ1v) is 11.1. The van der Waals surface area contributed by atoms with Gasteiger partial charge in [-0.1, -0.05) is 69.2 Å². The van der Waals surface area contributed by atoms with E-state index < -0.39 is 12.1 Å². The van der Waals surface area contributed by atoms with Crippen LogP contribution in [0.4, 0.5) is 0 Å². The van der Waals surface area contributed by atoms with E-state index in [4.69, 9.17) is 4.74 Å². The van der Waals surface area contributed by atoms with Crippen LogP contribution in [-0.4, -0.2) is 36.5 Å². The van der Waals surface area contributed by atoms with Crippen LogP contribution in [0.3, 0.4) is 0 Å². The molecule has 31 heavy (non-hydrogen) atoms. The fraction of sp³-hybridized carbons (Fsp3) is 0.480. The molecule has 1 saturated carbocycles. The monoisotopic (exact) mass is 424 g/mol. The van der Waals surface area contributed by atoms with Gasteiger partial charge in [-0.2, -0.15) is 0 Å². The Morgan fingerprint density at radius 2 is 1.81 bits per heavy atom. The highest BCUT2D eigenvalue weighted by molar-refractivity contribution is 5.91. The number of fused-ring (bicyclic) bond motifs is 1. The molecule has 2 aromatic rings. The molecule has 1 aliphatic carbocycles. The number of ether oxygens (including phenoxy) is 1. The van der Waals surface area contributed by atoms with E-state index in [0.717, 1.165) is 29.2 Å². The van der Waals surface area contributed by atoms with E-state index in [1.54, 1.807) is 6.92 Å². The predicted molar refractivity (Wildman–Crippen MR) is 120 cm³/mol. The molecule has 6 nitrogen and oxygen atoms in total. The van der Waals surface area contributed by atoms with Crippen LogP contribution in [0, 0.1) is 11.8 Å². The first-order valence-electron chi connectivity index (χ1n) is 11.1. The Hall–Kier alpha value is -2.89. The van der Waals surface area contributed by atoms with Gasteiger partial charge in [-0.3, -0.25) is 14.4 Å². The van der Waals surface area contributed by atoms with Crippen LogP contribution in [-0.2, 0) is 25.5 Å². The molecule has 4 atom stereocenters. The van der Waals surface area contributed by atoms with Crippen molar-refractivity contribution in [1.29, 1.82) is 0 Å². The number of esters is 1. The molecule has 0 unspecified atom stereocenters. The largest absolute Gasteiger partial charge is 0.451 e. The minimum absolute atomic E-state index is 0.109. The van der Waals surface area contributed by atoms with Crippen molar-refractivity contribution in [2.24, 2.45) is 11.8 Å². The molecule has 0 bridgehead atoms. The zero-order valence-electron chi connectivity index (χ0n) is 18.5. The molecule has 2 aromatic carbocycles. The molecular weight excluding hydrogens is 392 g/mol. The number of amides is 2. The second-order valence-corrected chi connectivity index (χ2v) is 8.61. The topological polar surface area (TPSA) is 84.5 Å². The Bertz CT molecular complexity index is 937. The van der Waals surface area contributed by atoms with E-state index in [9.17, 15) is 14.4 Å². The first-order chi connectivity index (χ1) is 14.8. The van der Waals surface area contributed by atoms with Gasteiger partial charge in [0.05, 0.1) is 6.42 Å². The van der Waals surface area contributed by atoms with Gasteiger partial charge in [0.1, 0.15) is 6.54 Å². The number of nitrogens with one attached hydrogen (secondary N) is 2. The van der Waals surface area contributed by atoms with Gasteiger partial charge in [0.2, 0.25) is 5.91 Å². The lowest BCUT2D eigenvalue weighted by Gasteiger charge is -2.35. The summed E-state index contributed by atoms with van der Waals surface area (Å²) in [6.45, 7) is 5.64. The lowest BCUT2D eigenvalue weighted by atomic mass is 9.78. The van der Waals surface area contributed by atoms with Crippen molar-refractivity contribution in [3.8, 4) is 0 Å². The van der Waals surface area contributed by atoms with Crippen LogP contribution in [0.5, 0.6) is 0 Å². The van der Waals surface area contributed by atoms with Crippen molar-refractivity contribution in [1.82, 2.24) is 10.6 Å². The van der Waals surface area contributed by atoms with Gasteiger partial charge in [0, 0.05) is 6.04 Å². The molecule has 2 N–H and O–H groups in total. The molecule has 3 rings (SSSR count). The van der Waals surface area contributed by atoms with Gasteiger partial charge >= 0.3 is 5.97 Å². The summed E-state index contributed by atoms with van der Waals surface area (Å²) in [5.74, 6) is -0.224. The smallest absolute Gasteiger partial charge is 0.326 e. The average Bonchev–Trinajstić information content (AvgIpc) is 2.75. The Labute approximate surface area is 183 Å². The highest BCUT2D eigenvalue weighted by Crippen LogP contribution is 2.29. The summed E-state index contributed by atoms with van der Waals surface area (Å²) < 4.78 is 5.22. The standard InChI is InChI=1S/C25H32N2O4/c1-16-8-6-13-22(17(16)2)27-25(30)18(3)31-24(29)15-26-23(28)14-20-11-7-10-19-9-4-5-12-21(19)20/h4-5,7,9-12,16-18,22H,6,8,13-15H2,1-3H3,(H,26,28)(H,27,30)/t16-,17+,18+,22+/m0/s1. The molecule has 0 aliphatic heterocycles. The fourth-order valence-electron chi connectivity index (χ4n) is 4.23. The summed E-state index contributed by atoms with van der Waals surface area (Å²) in [6, 6.07) is 13.8.